The third-order valence-electron chi connectivity index (χ3n) is 4.13. The number of rotatable bonds is 6. The molecule has 6 heteroatoms. The first-order chi connectivity index (χ1) is 11.4. The molecule has 1 aromatic carbocycles. The summed E-state index contributed by atoms with van der Waals surface area (Å²) in [6, 6.07) is 8.82. The lowest BCUT2D eigenvalue weighted by Crippen LogP contribution is -2.41. The van der Waals surface area contributed by atoms with Crippen molar-refractivity contribution in [2.24, 2.45) is 5.16 Å². The minimum atomic E-state index is -1.41. The Bertz CT molecular complexity index is 722. The number of pyridine rings is 1. The fourth-order valence-electron chi connectivity index (χ4n) is 2.85. The Kier molecular flexibility index (Phi) is 6.21. The lowest BCUT2D eigenvalue weighted by molar-refractivity contribution is 0.0758. The maximum atomic E-state index is 11.6. The number of hydrogen-bond donors (Lipinski definition) is 1. The van der Waals surface area contributed by atoms with E-state index < -0.39 is 5.60 Å². The van der Waals surface area contributed by atoms with Crippen molar-refractivity contribution in [3.63, 3.8) is 0 Å². The largest absolute Gasteiger partial charge is 0.399 e. The van der Waals surface area contributed by atoms with Gasteiger partial charge < -0.3 is 9.94 Å². The van der Waals surface area contributed by atoms with E-state index >= 15 is 0 Å². The zero-order valence-corrected chi connectivity index (χ0v) is 15.3. The van der Waals surface area contributed by atoms with Crippen molar-refractivity contribution in [1.29, 1.82) is 0 Å². The van der Waals surface area contributed by atoms with Gasteiger partial charge in [-0.15, -0.1) is 0 Å². The normalized spacial score (nSPS) is 15.7. The van der Waals surface area contributed by atoms with Gasteiger partial charge in [-0.2, -0.15) is 0 Å². The van der Waals surface area contributed by atoms with Gasteiger partial charge in [0.15, 0.2) is 0 Å². The molecular weight excluding hydrogens is 347 g/mol. The molecule has 24 heavy (non-hydrogen) atoms. The lowest BCUT2D eigenvalue weighted by Gasteiger charge is -2.35. The number of aromatic nitrogens is 1. The minimum Gasteiger partial charge on any atom is -0.399 e. The van der Waals surface area contributed by atoms with Crippen LogP contribution >= 0.6 is 23.2 Å². The maximum absolute atomic E-state index is 11.6. The van der Waals surface area contributed by atoms with Crippen LogP contribution in [0, 0.1) is 0 Å². The summed E-state index contributed by atoms with van der Waals surface area (Å²) in [7, 11) is 1.46. The smallest absolute Gasteiger partial charge is 0.139 e. The van der Waals surface area contributed by atoms with E-state index in [0.29, 0.717) is 27.7 Å². The van der Waals surface area contributed by atoms with Gasteiger partial charge in [0.2, 0.25) is 0 Å². The number of nitrogens with zero attached hydrogens (tertiary/aromatic N) is 2. The van der Waals surface area contributed by atoms with E-state index in [2.05, 4.69) is 10.1 Å². The first kappa shape index (κ1) is 18.7. The summed E-state index contributed by atoms with van der Waals surface area (Å²) in [5.74, 6) is -0.389. The van der Waals surface area contributed by atoms with Crippen LogP contribution in [0.3, 0.4) is 0 Å². The van der Waals surface area contributed by atoms with Crippen LogP contribution in [0.2, 0.25) is 10.0 Å². The quantitative estimate of drug-likeness (QED) is 0.590. The van der Waals surface area contributed by atoms with Crippen LogP contribution in [0.5, 0.6) is 0 Å². The molecule has 2 rings (SSSR count). The summed E-state index contributed by atoms with van der Waals surface area (Å²) in [6.07, 6.45) is 3.79. The van der Waals surface area contributed by atoms with Crippen LogP contribution in [-0.2, 0) is 10.4 Å². The van der Waals surface area contributed by atoms with Gasteiger partial charge in [0, 0.05) is 33.9 Å². The SMILES string of the molecule is CC/C(=N\OC)C(O)(c1cccnc1)C(C)c1ccc(Cl)cc1Cl. The van der Waals surface area contributed by atoms with Gasteiger partial charge in [-0.25, -0.2) is 0 Å². The van der Waals surface area contributed by atoms with E-state index in [4.69, 9.17) is 28.0 Å². The third-order valence-corrected chi connectivity index (χ3v) is 4.70. The topological polar surface area (TPSA) is 54.7 Å². The summed E-state index contributed by atoms with van der Waals surface area (Å²) in [4.78, 5) is 9.08. The second-order valence-corrected chi connectivity index (χ2v) is 6.31. The molecule has 2 aromatic rings. The van der Waals surface area contributed by atoms with E-state index in [1.54, 1.807) is 30.6 Å². The Morgan fingerprint density at radius 2 is 2.12 bits per heavy atom. The van der Waals surface area contributed by atoms with E-state index in [9.17, 15) is 5.11 Å². The molecule has 0 aliphatic heterocycles. The average Bonchev–Trinajstić information content (AvgIpc) is 2.59. The monoisotopic (exact) mass is 366 g/mol. The Morgan fingerprint density at radius 3 is 2.67 bits per heavy atom. The number of benzene rings is 1. The van der Waals surface area contributed by atoms with Crippen LogP contribution < -0.4 is 0 Å². The van der Waals surface area contributed by atoms with E-state index in [-0.39, 0.29) is 5.92 Å². The first-order valence-electron chi connectivity index (χ1n) is 7.63. The molecule has 0 bridgehead atoms. The summed E-state index contributed by atoms with van der Waals surface area (Å²) in [6.45, 7) is 3.80. The molecule has 0 amide bonds. The van der Waals surface area contributed by atoms with Gasteiger partial charge >= 0.3 is 0 Å². The molecule has 1 heterocycles. The molecule has 4 nitrogen and oxygen atoms in total. The van der Waals surface area contributed by atoms with Gasteiger partial charge in [-0.05, 0) is 30.2 Å². The molecule has 0 aliphatic rings. The standard InChI is InChI=1S/C18H20Cl2N2O2/c1-4-17(22-24-3)18(23,13-6-5-9-21-11-13)12(2)15-8-7-14(19)10-16(15)20/h5-12,23H,4H2,1-3H3/b22-17+. The summed E-state index contributed by atoms with van der Waals surface area (Å²) in [5, 5.41) is 16.7. The summed E-state index contributed by atoms with van der Waals surface area (Å²) < 4.78 is 0. The average molecular weight is 367 g/mol. The summed E-state index contributed by atoms with van der Waals surface area (Å²) in [5.41, 5.74) is 0.485. The van der Waals surface area contributed by atoms with Crippen molar-refractivity contribution >= 4 is 28.9 Å². The Balaban J connectivity index is 2.63. The number of aliphatic hydroxyl groups is 1. The summed E-state index contributed by atoms with van der Waals surface area (Å²) >= 11 is 12.4. The van der Waals surface area contributed by atoms with Crippen molar-refractivity contribution in [1.82, 2.24) is 4.98 Å². The first-order valence-corrected chi connectivity index (χ1v) is 8.39. The van der Waals surface area contributed by atoms with Crippen molar-refractivity contribution in [3.05, 3.63) is 63.9 Å². The van der Waals surface area contributed by atoms with Gasteiger partial charge in [-0.1, -0.05) is 54.3 Å². The van der Waals surface area contributed by atoms with E-state index in [0.717, 1.165) is 5.56 Å². The molecule has 2 unspecified atom stereocenters. The van der Waals surface area contributed by atoms with Gasteiger partial charge in [0.25, 0.3) is 0 Å². The van der Waals surface area contributed by atoms with Crippen molar-refractivity contribution in [2.75, 3.05) is 7.11 Å². The van der Waals surface area contributed by atoms with Crippen molar-refractivity contribution in [3.8, 4) is 0 Å². The Hall–Kier alpha value is -1.62. The highest BCUT2D eigenvalue weighted by Gasteiger charge is 2.42. The van der Waals surface area contributed by atoms with Crippen molar-refractivity contribution < 1.29 is 9.94 Å². The number of hydrogen-bond acceptors (Lipinski definition) is 4. The van der Waals surface area contributed by atoms with Crippen LogP contribution in [0.15, 0.2) is 47.9 Å². The minimum absolute atomic E-state index is 0.389. The third kappa shape index (κ3) is 3.56. The highest BCUT2D eigenvalue weighted by Crippen LogP contribution is 2.41. The van der Waals surface area contributed by atoms with Crippen LogP contribution in [0.4, 0.5) is 0 Å². The zero-order valence-electron chi connectivity index (χ0n) is 13.8. The van der Waals surface area contributed by atoms with Crippen LogP contribution in [0.25, 0.3) is 0 Å². The molecule has 0 saturated carbocycles. The molecule has 0 fully saturated rings. The number of oxime groups is 1. The van der Waals surface area contributed by atoms with Gasteiger partial charge in [0.05, 0.1) is 5.71 Å². The number of halogens is 2. The van der Waals surface area contributed by atoms with Crippen molar-refractivity contribution in [2.45, 2.75) is 31.8 Å². The highest BCUT2D eigenvalue weighted by atomic mass is 35.5. The van der Waals surface area contributed by atoms with Crippen LogP contribution in [0.1, 0.15) is 37.3 Å². The fourth-order valence-corrected chi connectivity index (χ4v) is 3.42. The van der Waals surface area contributed by atoms with Gasteiger partial charge in [0.1, 0.15) is 12.7 Å². The fraction of sp³-hybridized carbons (Fsp3) is 0.333. The maximum Gasteiger partial charge on any atom is 0.139 e. The molecular formula is C18H20Cl2N2O2. The van der Waals surface area contributed by atoms with Gasteiger partial charge in [-0.3, -0.25) is 4.98 Å². The second kappa shape index (κ2) is 7.97. The zero-order chi connectivity index (χ0) is 17.7. The predicted octanol–water partition coefficient (Wildman–Crippen LogP) is 4.79. The molecule has 0 spiro atoms. The highest BCUT2D eigenvalue weighted by molar-refractivity contribution is 6.35. The van der Waals surface area contributed by atoms with E-state index in [1.807, 2.05) is 26.0 Å². The molecule has 1 aromatic heterocycles. The molecule has 1 N–H and O–H groups in total. The molecule has 2 atom stereocenters. The van der Waals surface area contributed by atoms with E-state index in [1.165, 1.54) is 7.11 Å². The predicted molar refractivity (Wildman–Crippen MR) is 97.7 cm³/mol. The van der Waals surface area contributed by atoms with Crippen LogP contribution in [-0.4, -0.2) is 22.9 Å². The Morgan fingerprint density at radius 1 is 1.38 bits per heavy atom. The molecule has 0 radical (unpaired) electrons. The lowest BCUT2D eigenvalue weighted by atomic mass is 9.75. The molecule has 0 aliphatic carbocycles. The molecule has 128 valence electrons. The Labute approximate surface area is 152 Å². The second-order valence-electron chi connectivity index (χ2n) is 5.47. The molecule has 0 saturated heterocycles.